The van der Waals surface area contributed by atoms with Crippen molar-refractivity contribution in [2.45, 2.75) is 12.6 Å². The van der Waals surface area contributed by atoms with Gasteiger partial charge in [-0.3, -0.25) is 4.79 Å². The summed E-state index contributed by atoms with van der Waals surface area (Å²) in [5.74, 6) is -2.13. The van der Waals surface area contributed by atoms with Gasteiger partial charge in [0, 0.05) is 5.39 Å². The quantitative estimate of drug-likeness (QED) is 0.883. The molecule has 0 saturated carbocycles. The Morgan fingerprint density at radius 3 is 2.59 bits per heavy atom. The molecule has 1 aromatic heterocycles. The molecule has 0 fully saturated rings. The first kappa shape index (κ1) is 11.5. The highest BCUT2D eigenvalue weighted by Crippen LogP contribution is 2.33. The summed E-state index contributed by atoms with van der Waals surface area (Å²) in [7, 11) is 0. The fraction of sp³-hybridized carbons (Fsp3) is 0.182. The van der Waals surface area contributed by atoms with E-state index in [1.807, 2.05) is 0 Å². The number of fused-ring (bicyclic) bond motifs is 1. The summed E-state index contributed by atoms with van der Waals surface area (Å²) in [5, 5.41) is 8.86. The molecule has 3 nitrogen and oxygen atoms in total. The molecule has 0 aliphatic rings. The molecular weight excluding hydrogens is 237 g/mol. The molecule has 6 heteroatoms. The molecule has 0 amide bonds. The highest BCUT2D eigenvalue weighted by Gasteiger charge is 2.35. The Labute approximate surface area is 93.5 Å². The van der Waals surface area contributed by atoms with Crippen molar-refractivity contribution in [2.75, 3.05) is 0 Å². The predicted molar refractivity (Wildman–Crippen MR) is 52.6 cm³/mol. The van der Waals surface area contributed by atoms with E-state index in [1.165, 1.54) is 18.2 Å². The second kappa shape index (κ2) is 3.80. The van der Waals surface area contributed by atoms with Gasteiger partial charge in [0.15, 0.2) is 0 Å². The first-order valence-corrected chi connectivity index (χ1v) is 4.68. The number of hydrogen-bond acceptors (Lipinski definition) is 2. The summed E-state index contributed by atoms with van der Waals surface area (Å²) >= 11 is 0. The second-order valence-electron chi connectivity index (χ2n) is 3.55. The van der Waals surface area contributed by atoms with Crippen molar-refractivity contribution >= 4 is 16.9 Å². The number of rotatable bonds is 2. The fourth-order valence-corrected chi connectivity index (χ4v) is 1.50. The van der Waals surface area contributed by atoms with Crippen LogP contribution in [0, 0.1) is 0 Å². The monoisotopic (exact) mass is 244 g/mol. The van der Waals surface area contributed by atoms with E-state index in [9.17, 15) is 18.0 Å². The molecule has 0 bridgehead atoms. The van der Waals surface area contributed by atoms with E-state index >= 15 is 0 Å². The third kappa shape index (κ3) is 2.41. The Kier molecular flexibility index (Phi) is 2.57. The average molecular weight is 244 g/mol. The summed E-state index contributed by atoms with van der Waals surface area (Å²) in [4.78, 5) is 10.5. The van der Waals surface area contributed by atoms with Gasteiger partial charge in [0.2, 0.25) is 5.76 Å². The van der Waals surface area contributed by atoms with Crippen LogP contribution in [0.25, 0.3) is 11.0 Å². The van der Waals surface area contributed by atoms with Crippen molar-refractivity contribution in [3.63, 3.8) is 0 Å². The van der Waals surface area contributed by atoms with Crippen LogP contribution in [0.2, 0.25) is 0 Å². The smallest absolute Gasteiger partial charge is 0.449 e. The van der Waals surface area contributed by atoms with Crippen molar-refractivity contribution in [3.05, 3.63) is 35.6 Å². The molecule has 90 valence electrons. The maximum Gasteiger partial charge on any atom is 0.449 e. The van der Waals surface area contributed by atoms with Crippen molar-refractivity contribution in [1.82, 2.24) is 0 Å². The molecule has 2 aromatic rings. The lowest BCUT2D eigenvalue weighted by atomic mass is 10.1. The summed E-state index contributed by atoms with van der Waals surface area (Å²) in [6.07, 6.45) is -4.79. The van der Waals surface area contributed by atoms with Gasteiger partial charge < -0.3 is 9.52 Å². The molecule has 1 heterocycles. The van der Waals surface area contributed by atoms with Crippen LogP contribution in [0.5, 0.6) is 0 Å². The zero-order valence-electron chi connectivity index (χ0n) is 8.41. The molecule has 0 atom stereocenters. The molecule has 0 aliphatic heterocycles. The lowest BCUT2D eigenvalue weighted by molar-refractivity contribution is -0.152. The van der Waals surface area contributed by atoms with Gasteiger partial charge in [0.05, 0.1) is 6.42 Å². The van der Waals surface area contributed by atoms with Crippen molar-refractivity contribution < 1.29 is 27.5 Å². The average Bonchev–Trinajstić information content (AvgIpc) is 2.58. The van der Waals surface area contributed by atoms with E-state index in [0.717, 1.165) is 6.07 Å². The van der Waals surface area contributed by atoms with Crippen LogP contribution in [-0.2, 0) is 17.4 Å². The van der Waals surface area contributed by atoms with Crippen LogP contribution < -0.4 is 0 Å². The summed E-state index contributed by atoms with van der Waals surface area (Å²) < 4.78 is 41.7. The fourth-order valence-electron chi connectivity index (χ4n) is 1.50. The summed E-state index contributed by atoms with van der Waals surface area (Å²) in [6, 6.07) is 5.07. The highest BCUT2D eigenvalue weighted by molar-refractivity contribution is 5.80. The van der Waals surface area contributed by atoms with Gasteiger partial charge in [0.25, 0.3) is 0 Å². The Bertz CT molecular complexity index is 569. The number of aliphatic carboxylic acids is 1. The van der Waals surface area contributed by atoms with Crippen molar-refractivity contribution in [3.8, 4) is 0 Å². The Balaban J connectivity index is 2.44. The van der Waals surface area contributed by atoms with Crippen LogP contribution >= 0.6 is 0 Å². The first-order valence-electron chi connectivity index (χ1n) is 4.68. The van der Waals surface area contributed by atoms with E-state index in [4.69, 9.17) is 5.11 Å². The molecule has 1 aromatic carbocycles. The Morgan fingerprint density at radius 1 is 1.29 bits per heavy atom. The van der Waals surface area contributed by atoms with E-state index < -0.39 is 17.9 Å². The number of carbonyl (C=O) groups is 1. The summed E-state index contributed by atoms with van der Waals surface area (Å²) in [6.45, 7) is 0. The number of furan rings is 1. The zero-order chi connectivity index (χ0) is 12.6. The first-order chi connectivity index (χ1) is 7.86. The van der Waals surface area contributed by atoms with Crippen LogP contribution in [0.4, 0.5) is 13.2 Å². The maximum absolute atomic E-state index is 12.3. The molecule has 0 unspecified atom stereocenters. The van der Waals surface area contributed by atoms with E-state index in [2.05, 4.69) is 4.42 Å². The number of alkyl halides is 3. The van der Waals surface area contributed by atoms with Gasteiger partial charge in [0.1, 0.15) is 5.58 Å². The Hall–Kier alpha value is -1.98. The third-order valence-corrected chi connectivity index (χ3v) is 2.22. The SMILES string of the molecule is O=C(O)Cc1ccc2cc(C(F)(F)F)oc2c1. The number of carboxylic acids is 1. The molecule has 0 spiro atoms. The molecule has 0 radical (unpaired) electrons. The lowest BCUT2D eigenvalue weighted by Gasteiger charge is -1.99. The zero-order valence-corrected chi connectivity index (χ0v) is 8.41. The van der Waals surface area contributed by atoms with E-state index in [-0.39, 0.29) is 12.0 Å². The van der Waals surface area contributed by atoms with Crippen LogP contribution in [-0.4, -0.2) is 11.1 Å². The minimum absolute atomic E-state index is 0.0380. The lowest BCUT2D eigenvalue weighted by Crippen LogP contribution is -2.01. The van der Waals surface area contributed by atoms with Crippen LogP contribution in [0.15, 0.2) is 28.7 Å². The highest BCUT2D eigenvalue weighted by atomic mass is 19.4. The second-order valence-corrected chi connectivity index (χ2v) is 3.55. The number of halogens is 3. The van der Waals surface area contributed by atoms with Crippen molar-refractivity contribution in [2.24, 2.45) is 0 Å². The molecule has 1 N–H and O–H groups in total. The van der Waals surface area contributed by atoms with E-state index in [1.54, 1.807) is 0 Å². The molecule has 17 heavy (non-hydrogen) atoms. The number of benzene rings is 1. The largest absolute Gasteiger partial charge is 0.481 e. The minimum atomic E-state index is -4.54. The molecular formula is C11H7F3O3. The third-order valence-electron chi connectivity index (χ3n) is 2.22. The van der Waals surface area contributed by atoms with Gasteiger partial charge in [-0.05, 0) is 17.7 Å². The van der Waals surface area contributed by atoms with Crippen LogP contribution in [0.1, 0.15) is 11.3 Å². The van der Waals surface area contributed by atoms with Gasteiger partial charge in [-0.2, -0.15) is 13.2 Å². The van der Waals surface area contributed by atoms with Gasteiger partial charge in [-0.15, -0.1) is 0 Å². The topological polar surface area (TPSA) is 50.4 Å². The molecule has 2 rings (SSSR count). The van der Waals surface area contributed by atoms with Crippen molar-refractivity contribution in [1.29, 1.82) is 0 Å². The molecule has 0 aliphatic carbocycles. The van der Waals surface area contributed by atoms with Gasteiger partial charge >= 0.3 is 12.1 Å². The van der Waals surface area contributed by atoms with Gasteiger partial charge in [-0.1, -0.05) is 12.1 Å². The number of hydrogen-bond donors (Lipinski definition) is 1. The maximum atomic E-state index is 12.3. The standard InChI is InChI=1S/C11H7F3O3/c12-11(13,14)9-5-7-2-1-6(4-10(15)16)3-8(7)17-9/h1-3,5H,4H2,(H,15,16). The van der Waals surface area contributed by atoms with E-state index in [0.29, 0.717) is 10.9 Å². The minimum Gasteiger partial charge on any atom is -0.481 e. The van der Waals surface area contributed by atoms with Crippen LogP contribution in [0.3, 0.4) is 0 Å². The summed E-state index contributed by atoms with van der Waals surface area (Å²) in [5.41, 5.74) is 0.434. The molecule has 0 saturated heterocycles. The number of carboxylic acid groups (broad SMARTS) is 1. The predicted octanol–water partition coefficient (Wildman–Crippen LogP) is 3.08. The Morgan fingerprint density at radius 2 is 2.00 bits per heavy atom. The van der Waals surface area contributed by atoms with Gasteiger partial charge in [-0.25, -0.2) is 0 Å². The normalized spacial score (nSPS) is 11.9.